The van der Waals surface area contributed by atoms with Crippen molar-refractivity contribution in [1.82, 2.24) is 4.90 Å². The number of alkyl halides is 1. The van der Waals surface area contributed by atoms with Crippen molar-refractivity contribution in [2.45, 2.75) is 42.2 Å². The molecule has 3 aliphatic rings. The van der Waals surface area contributed by atoms with Crippen LogP contribution in [0, 0.1) is 0 Å². The molecule has 0 aromatic rings. The molecule has 1 saturated carbocycles. The largest absolute Gasteiger partial charge is 0.346 e. The van der Waals surface area contributed by atoms with Crippen molar-refractivity contribution >= 4 is 21.8 Å². The molecule has 1 aliphatic carbocycles. The van der Waals surface area contributed by atoms with Crippen molar-refractivity contribution in [2.75, 3.05) is 26.3 Å². The molecule has 0 bridgehead atoms. The molecule has 2 saturated heterocycles. The molecular weight excluding hydrogens is 286 g/mol. The van der Waals surface area contributed by atoms with Crippen molar-refractivity contribution in [3.63, 3.8) is 0 Å². The summed E-state index contributed by atoms with van der Waals surface area (Å²) in [4.78, 5) is 14.3. The predicted octanol–water partition coefficient (Wildman–Crippen LogP) is 1.67. The highest BCUT2D eigenvalue weighted by Gasteiger charge is 2.48. The van der Waals surface area contributed by atoms with Gasteiger partial charge in [-0.2, -0.15) is 0 Å². The van der Waals surface area contributed by atoms with E-state index in [1.165, 1.54) is 0 Å². The van der Waals surface area contributed by atoms with Gasteiger partial charge in [0.25, 0.3) is 0 Å². The fourth-order valence-corrected chi connectivity index (χ4v) is 3.69. The Balaban J connectivity index is 1.69. The summed E-state index contributed by atoms with van der Waals surface area (Å²) in [6.45, 7) is 2.74. The molecule has 3 rings (SSSR count). The van der Waals surface area contributed by atoms with Gasteiger partial charge in [0.1, 0.15) is 4.32 Å². The van der Waals surface area contributed by atoms with Crippen molar-refractivity contribution in [3.8, 4) is 0 Å². The van der Waals surface area contributed by atoms with Gasteiger partial charge in [-0.3, -0.25) is 4.79 Å². The molecule has 1 amide bonds. The third-order valence-electron chi connectivity index (χ3n) is 4.05. The quantitative estimate of drug-likeness (QED) is 0.692. The molecule has 17 heavy (non-hydrogen) atoms. The van der Waals surface area contributed by atoms with E-state index in [4.69, 9.17) is 9.47 Å². The number of hydrogen-bond acceptors (Lipinski definition) is 3. The average molecular weight is 304 g/mol. The second-order valence-corrected chi connectivity index (χ2v) is 6.77. The van der Waals surface area contributed by atoms with Crippen LogP contribution < -0.4 is 0 Å². The van der Waals surface area contributed by atoms with Gasteiger partial charge >= 0.3 is 0 Å². The minimum Gasteiger partial charge on any atom is -0.346 e. The number of amides is 1. The molecule has 96 valence electrons. The Morgan fingerprint density at radius 2 is 1.82 bits per heavy atom. The molecule has 1 spiro atoms. The number of nitrogens with zero attached hydrogens (tertiary/aromatic N) is 1. The molecule has 2 aliphatic heterocycles. The highest BCUT2D eigenvalue weighted by atomic mass is 79.9. The van der Waals surface area contributed by atoms with E-state index in [-0.39, 0.29) is 10.2 Å². The zero-order valence-electron chi connectivity index (χ0n) is 9.91. The molecule has 0 aromatic carbocycles. The van der Waals surface area contributed by atoms with Gasteiger partial charge in [-0.05, 0) is 25.7 Å². The lowest BCUT2D eigenvalue weighted by atomic mass is 9.83. The van der Waals surface area contributed by atoms with Crippen molar-refractivity contribution in [1.29, 1.82) is 0 Å². The molecule has 0 radical (unpaired) electrons. The second-order valence-electron chi connectivity index (χ2n) is 5.26. The SMILES string of the molecule is O=C(N1CCCC2(C1)OCCO2)C1(Br)CCC1. The van der Waals surface area contributed by atoms with Crippen molar-refractivity contribution in [2.24, 2.45) is 0 Å². The molecule has 3 fully saturated rings. The van der Waals surface area contributed by atoms with Gasteiger partial charge in [0.05, 0.1) is 19.8 Å². The summed E-state index contributed by atoms with van der Waals surface area (Å²) in [5.74, 6) is -0.275. The molecular formula is C12H18BrNO3. The summed E-state index contributed by atoms with van der Waals surface area (Å²) < 4.78 is 11.1. The molecule has 0 aromatic heterocycles. The first-order chi connectivity index (χ1) is 8.14. The van der Waals surface area contributed by atoms with E-state index in [1.54, 1.807) is 0 Å². The smallest absolute Gasteiger partial charge is 0.239 e. The van der Waals surface area contributed by atoms with E-state index in [0.717, 1.165) is 38.6 Å². The Bertz CT molecular complexity index is 324. The Hall–Kier alpha value is -0.130. The number of hydrogen-bond donors (Lipinski definition) is 0. The van der Waals surface area contributed by atoms with Gasteiger partial charge in [-0.25, -0.2) is 0 Å². The fourth-order valence-electron chi connectivity index (χ4n) is 2.88. The summed E-state index contributed by atoms with van der Waals surface area (Å²) in [5.41, 5.74) is 0. The summed E-state index contributed by atoms with van der Waals surface area (Å²) in [6.07, 6.45) is 4.93. The van der Waals surface area contributed by atoms with Crippen LogP contribution >= 0.6 is 15.9 Å². The zero-order valence-corrected chi connectivity index (χ0v) is 11.5. The van der Waals surface area contributed by atoms with Gasteiger partial charge < -0.3 is 14.4 Å². The van der Waals surface area contributed by atoms with E-state index in [9.17, 15) is 4.79 Å². The maximum atomic E-state index is 12.4. The summed E-state index contributed by atoms with van der Waals surface area (Å²) in [6, 6.07) is 0. The maximum absolute atomic E-state index is 12.4. The van der Waals surface area contributed by atoms with Crippen molar-refractivity contribution < 1.29 is 14.3 Å². The predicted molar refractivity (Wildman–Crippen MR) is 66.0 cm³/mol. The first kappa shape index (κ1) is 11.9. The van der Waals surface area contributed by atoms with Crippen LogP contribution in [0.1, 0.15) is 32.1 Å². The molecule has 2 heterocycles. The first-order valence-electron chi connectivity index (χ1n) is 6.40. The van der Waals surface area contributed by atoms with Gasteiger partial charge in [-0.1, -0.05) is 15.9 Å². The zero-order chi connectivity index (χ0) is 11.9. The molecule has 0 atom stereocenters. The summed E-state index contributed by atoms with van der Waals surface area (Å²) in [5, 5.41) is 0. The normalized spacial score (nSPS) is 30.3. The first-order valence-corrected chi connectivity index (χ1v) is 7.19. The summed E-state index contributed by atoms with van der Waals surface area (Å²) >= 11 is 3.59. The molecule has 0 unspecified atom stereocenters. The monoisotopic (exact) mass is 303 g/mol. The lowest BCUT2D eigenvalue weighted by Gasteiger charge is -2.44. The van der Waals surface area contributed by atoms with E-state index >= 15 is 0 Å². The van der Waals surface area contributed by atoms with Crippen LogP contribution in [0.4, 0.5) is 0 Å². The Morgan fingerprint density at radius 3 is 2.41 bits per heavy atom. The standard InChI is InChI=1S/C12H18BrNO3/c13-11(3-1-4-11)10(15)14-6-2-5-12(9-14)16-7-8-17-12/h1-9H2. The van der Waals surface area contributed by atoms with Crippen LogP contribution in [0.3, 0.4) is 0 Å². The number of carbonyl (C=O) groups is 1. The topological polar surface area (TPSA) is 38.8 Å². The minimum atomic E-state index is -0.499. The summed E-state index contributed by atoms with van der Waals surface area (Å²) in [7, 11) is 0. The number of piperidine rings is 1. The minimum absolute atomic E-state index is 0.224. The van der Waals surface area contributed by atoms with E-state index in [1.807, 2.05) is 4.90 Å². The van der Waals surface area contributed by atoms with Crippen LogP contribution in [0.15, 0.2) is 0 Å². The Labute approximate surface area is 110 Å². The number of halogens is 1. The van der Waals surface area contributed by atoms with Crippen LogP contribution in [0.25, 0.3) is 0 Å². The van der Waals surface area contributed by atoms with E-state index in [2.05, 4.69) is 15.9 Å². The number of carbonyl (C=O) groups excluding carboxylic acids is 1. The maximum Gasteiger partial charge on any atom is 0.239 e. The van der Waals surface area contributed by atoms with E-state index < -0.39 is 5.79 Å². The molecule has 0 N–H and O–H groups in total. The molecule has 4 nitrogen and oxygen atoms in total. The highest BCUT2D eigenvalue weighted by Crippen LogP contribution is 2.43. The molecule has 5 heteroatoms. The van der Waals surface area contributed by atoms with E-state index in [0.29, 0.717) is 19.8 Å². The third kappa shape index (κ3) is 2.02. The number of rotatable bonds is 1. The lowest BCUT2D eigenvalue weighted by molar-refractivity contribution is -0.194. The average Bonchev–Trinajstić information content (AvgIpc) is 2.73. The van der Waals surface area contributed by atoms with Crippen LogP contribution in [-0.2, 0) is 14.3 Å². The second kappa shape index (κ2) is 4.21. The number of likely N-dealkylation sites (tertiary alicyclic amines) is 1. The van der Waals surface area contributed by atoms with Gasteiger partial charge in [-0.15, -0.1) is 0 Å². The van der Waals surface area contributed by atoms with Crippen LogP contribution in [0.5, 0.6) is 0 Å². The van der Waals surface area contributed by atoms with Gasteiger partial charge in [0.15, 0.2) is 5.79 Å². The van der Waals surface area contributed by atoms with Crippen LogP contribution in [-0.4, -0.2) is 47.2 Å². The fraction of sp³-hybridized carbons (Fsp3) is 0.917. The van der Waals surface area contributed by atoms with Gasteiger partial charge in [0.2, 0.25) is 5.91 Å². The third-order valence-corrected chi connectivity index (χ3v) is 5.18. The lowest BCUT2D eigenvalue weighted by Crippen LogP contribution is -2.57. The van der Waals surface area contributed by atoms with Crippen LogP contribution in [0.2, 0.25) is 0 Å². The number of ether oxygens (including phenoxy) is 2. The Morgan fingerprint density at radius 1 is 1.12 bits per heavy atom. The Kier molecular flexibility index (Phi) is 2.96. The van der Waals surface area contributed by atoms with Crippen molar-refractivity contribution in [3.05, 3.63) is 0 Å². The van der Waals surface area contributed by atoms with Gasteiger partial charge in [0, 0.05) is 13.0 Å². The highest BCUT2D eigenvalue weighted by molar-refractivity contribution is 9.10.